The Morgan fingerprint density at radius 3 is 2.94 bits per heavy atom. The van der Waals surface area contributed by atoms with Crippen LogP contribution in [0.5, 0.6) is 0 Å². The number of nitrogen functional groups attached to an aromatic ring is 1. The molecule has 0 bridgehead atoms. The lowest BCUT2D eigenvalue weighted by Gasteiger charge is -2.07. The number of carbonyl (C=O) groups is 1. The van der Waals surface area contributed by atoms with Crippen LogP contribution in [0.3, 0.4) is 0 Å². The van der Waals surface area contributed by atoms with Gasteiger partial charge < -0.3 is 15.2 Å². The van der Waals surface area contributed by atoms with Crippen molar-refractivity contribution in [3.63, 3.8) is 0 Å². The molecule has 3 N–H and O–H groups in total. The van der Waals surface area contributed by atoms with Crippen molar-refractivity contribution in [3.8, 4) is 0 Å². The Balaban J connectivity index is 2.29. The molecule has 0 aliphatic carbocycles. The molecule has 0 radical (unpaired) electrons. The topological polar surface area (TPSA) is 73.6 Å². The Bertz CT molecular complexity index is 342. The van der Waals surface area contributed by atoms with Crippen LogP contribution in [0.2, 0.25) is 0 Å². The third kappa shape index (κ3) is 4.65. The standard InChI is InChI=1S/C11H16N2O3/c1-2-15-6-7-16-11(14)13-10-5-3-4-9(12)8-10/h3-5,8H,2,6-7,12H2,1H3,(H,13,14). The van der Waals surface area contributed by atoms with Gasteiger partial charge in [-0.2, -0.15) is 0 Å². The number of hydrogen-bond donors (Lipinski definition) is 2. The molecule has 0 saturated heterocycles. The highest BCUT2D eigenvalue weighted by molar-refractivity contribution is 5.85. The second-order valence-electron chi connectivity index (χ2n) is 3.08. The van der Waals surface area contributed by atoms with Gasteiger partial charge in [0.2, 0.25) is 0 Å². The third-order valence-corrected chi connectivity index (χ3v) is 1.80. The van der Waals surface area contributed by atoms with E-state index >= 15 is 0 Å². The summed E-state index contributed by atoms with van der Waals surface area (Å²) in [5.74, 6) is 0. The van der Waals surface area contributed by atoms with E-state index in [1.54, 1.807) is 24.3 Å². The van der Waals surface area contributed by atoms with Crippen molar-refractivity contribution in [2.75, 3.05) is 30.9 Å². The SMILES string of the molecule is CCOCCOC(=O)Nc1cccc(N)c1. The van der Waals surface area contributed by atoms with E-state index in [9.17, 15) is 4.79 Å². The molecule has 88 valence electrons. The highest BCUT2D eigenvalue weighted by Gasteiger charge is 2.02. The van der Waals surface area contributed by atoms with Gasteiger partial charge in [0.15, 0.2) is 0 Å². The van der Waals surface area contributed by atoms with Crippen LogP contribution in [-0.2, 0) is 9.47 Å². The van der Waals surface area contributed by atoms with Gasteiger partial charge in [0, 0.05) is 18.0 Å². The second-order valence-corrected chi connectivity index (χ2v) is 3.08. The van der Waals surface area contributed by atoms with Crippen molar-refractivity contribution in [2.24, 2.45) is 0 Å². The van der Waals surface area contributed by atoms with E-state index in [1.807, 2.05) is 6.92 Å². The highest BCUT2D eigenvalue weighted by atomic mass is 16.6. The number of rotatable bonds is 5. The first kappa shape index (κ1) is 12.3. The number of hydrogen-bond acceptors (Lipinski definition) is 4. The lowest BCUT2D eigenvalue weighted by molar-refractivity contribution is 0.0850. The van der Waals surface area contributed by atoms with Gasteiger partial charge >= 0.3 is 6.09 Å². The molecule has 1 amide bonds. The molecule has 0 unspecified atom stereocenters. The normalized spacial score (nSPS) is 9.81. The van der Waals surface area contributed by atoms with E-state index in [-0.39, 0.29) is 6.61 Å². The fourth-order valence-electron chi connectivity index (χ4n) is 1.11. The summed E-state index contributed by atoms with van der Waals surface area (Å²) in [6.45, 7) is 3.13. The van der Waals surface area contributed by atoms with Crippen LogP contribution >= 0.6 is 0 Å². The Labute approximate surface area is 94.5 Å². The average molecular weight is 224 g/mol. The minimum absolute atomic E-state index is 0.238. The molecule has 5 nitrogen and oxygen atoms in total. The predicted octanol–water partition coefficient (Wildman–Crippen LogP) is 1.85. The Hall–Kier alpha value is -1.75. The van der Waals surface area contributed by atoms with Gasteiger partial charge in [-0.1, -0.05) is 6.07 Å². The van der Waals surface area contributed by atoms with E-state index in [0.29, 0.717) is 24.6 Å². The zero-order valence-corrected chi connectivity index (χ0v) is 9.23. The van der Waals surface area contributed by atoms with Crippen molar-refractivity contribution < 1.29 is 14.3 Å². The van der Waals surface area contributed by atoms with E-state index in [1.165, 1.54) is 0 Å². The minimum atomic E-state index is -0.509. The number of benzene rings is 1. The summed E-state index contributed by atoms with van der Waals surface area (Å²) in [4.78, 5) is 11.3. The molecule has 16 heavy (non-hydrogen) atoms. The first-order valence-electron chi connectivity index (χ1n) is 5.09. The maximum Gasteiger partial charge on any atom is 0.411 e. The molecule has 0 aromatic heterocycles. The van der Waals surface area contributed by atoms with Gasteiger partial charge in [-0.05, 0) is 25.1 Å². The zero-order valence-electron chi connectivity index (χ0n) is 9.23. The quantitative estimate of drug-likeness (QED) is 0.591. The lowest BCUT2D eigenvalue weighted by atomic mass is 10.3. The predicted molar refractivity (Wildman–Crippen MR) is 62.3 cm³/mol. The molecule has 0 saturated carbocycles. The molecular weight excluding hydrogens is 208 g/mol. The summed E-state index contributed by atoms with van der Waals surface area (Å²) >= 11 is 0. The third-order valence-electron chi connectivity index (χ3n) is 1.80. The van der Waals surface area contributed by atoms with Crippen LogP contribution in [0.4, 0.5) is 16.2 Å². The molecule has 1 rings (SSSR count). The fourth-order valence-corrected chi connectivity index (χ4v) is 1.11. The molecular formula is C11H16N2O3. The van der Waals surface area contributed by atoms with E-state index in [2.05, 4.69) is 5.32 Å². The minimum Gasteiger partial charge on any atom is -0.447 e. The molecule has 5 heteroatoms. The van der Waals surface area contributed by atoms with Crippen LogP contribution < -0.4 is 11.1 Å². The smallest absolute Gasteiger partial charge is 0.411 e. The van der Waals surface area contributed by atoms with E-state index in [0.717, 1.165) is 0 Å². The molecule has 0 aliphatic rings. The average Bonchev–Trinajstić information content (AvgIpc) is 2.24. The number of ether oxygens (including phenoxy) is 2. The number of nitrogens with one attached hydrogen (secondary N) is 1. The van der Waals surface area contributed by atoms with Gasteiger partial charge in [0.25, 0.3) is 0 Å². The molecule has 0 heterocycles. The van der Waals surface area contributed by atoms with Crippen LogP contribution in [-0.4, -0.2) is 25.9 Å². The second kappa shape index (κ2) is 6.68. The number of carbonyl (C=O) groups excluding carboxylic acids is 1. The van der Waals surface area contributed by atoms with Crippen molar-refractivity contribution >= 4 is 17.5 Å². The monoisotopic (exact) mass is 224 g/mol. The fraction of sp³-hybridized carbons (Fsp3) is 0.364. The molecule has 1 aromatic rings. The van der Waals surface area contributed by atoms with Crippen molar-refractivity contribution in [3.05, 3.63) is 24.3 Å². The number of nitrogens with two attached hydrogens (primary N) is 1. The van der Waals surface area contributed by atoms with Crippen LogP contribution in [0, 0.1) is 0 Å². The maximum atomic E-state index is 11.3. The van der Waals surface area contributed by atoms with Crippen LogP contribution in [0.25, 0.3) is 0 Å². The molecule has 0 atom stereocenters. The zero-order chi connectivity index (χ0) is 11.8. The number of amides is 1. The molecule has 0 aliphatic heterocycles. The lowest BCUT2D eigenvalue weighted by Crippen LogP contribution is -2.16. The summed E-state index contributed by atoms with van der Waals surface area (Å²) in [5, 5.41) is 2.56. The van der Waals surface area contributed by atoms with E-state index < -0.39 is 6.09 Å². The van der Waals surface area contributed by atoms with Gasteiger partial charge in [0.05, 0.1) is 6.61 Å². The molecule has 0 fully saturated rings. The van der Waals surface area contributed by atoms with Crippen molar-refractivity contribution in [2.45, 2.75) is 6.92 Å². The highest BCUT2D eigenvalue weighted by Crippen LogP contribution is 2.11. The van der Waals surface area contributed by atoms with Gasteiger partial charge in [-0.15, -0.1) is 0 Å². The summed E-state index contributed by atoms with van der Waals surface area (Å²) in [5.41, 5.74) is 6.76. The van der Waals surface area contributed by atoms with Crippen LogP contribution in [0.15, 0.2) is 24.3 Å². The van der Waals surface area contributed by atoms with Crippen molar-refractivity contribution in [1.82, 2.24) is 0 Å². The Morgan fingerprint density at radius 2 is 2.25 bits per heavy atom. The van der Waals surface area contributed by atoms with Crippen molar-refractivity contribution in [1.29, 1.82) is 0 Å². The summed E-state index contributed by atoms with van der Waals surface area (Å²) in [6, 6.07) is 6.89. The first-order chi connectivity index (χ1) is 7.72. The molecule has 1 aromatic carbocycles. The first-order valence-corrected chi connectivity index (χ1v) is 5.09. The van der Waals surface area contributed by atoms with Gasteiger partial charge in [0.1, 0.15) is 6.61 Å². The Kier molecular flexibility index (Phi) is 5.15. The summed E-state index contributed by atoms with van der Waals surface area (Å²) < 4.78 is 9.90. The van der Waals surface area contributed by atoms with Crippen LogP contribution in [0.1, 0.15) is 6.92 Å². The molecule has 0 spiro atoms. The largest absolute Gasteiger partial charge is 0.447 e. The summed E-state index contributed by atoms with van der Waals surface area (Å²) in [7, 11) is 0. The van der Waals surface area contributed by atoms with E-state index in [4.69, 9.17) is 15.2 Å². The van der Waals surface area contributed by atoms with Gasteiger partial charge in [-0.25, -0.2) is 4.79 Å². The maximum absolute atomic E-state index is 11.3. The Morgan fingerprint density at radius 1 is 1.44 bits per heavy atom. The summed E-state index contributed by atoms with van der Waals surface area (Å²) in [6.07, 6.45) is -0.509. The number of anilines is 2. The van der Waals surface area contributed by atoms with Gasteiger partial charge in [-0.3, -0.25) is 5.32 Å².